The Morgan fingerprint density at radius 2 is 1.74 bits per heavy atom. The largest absolute Gasteiger partial charge is 0.508 e. The number of imide groups is 2. The fourth-order valence-corrected chi connectivity index (χ4v) is 6.99. The predicted octanol–water partition coefficient (Wildman–Crippen LogP) is 3.22. The molecule has 0 aromatic heterocycles. The van der Waals surface area contributed by atoms with Gasteiger partial charge in [0.2, 0.25) is 23.6 Å². The molecule has 178 valence electrons. The van der Waals surface area contributed by atoms with E-state index in [0.717, 1.165) is 11.1 Å². The Hall–Kier alpha value is -3.74. The smallest absolute Gasteiger partial charge is 0.241 e. The van der Waals surface area contributed by atoms with E-state index < -0.39 is 29.1 Å². The van der Waals surface area contributed by atoms with Crippen molar-refractivity contribution in [2.75, 3.05) is 4.90 Å². The molecule has 2 aromatic rings. The van der Waals surface area contributed by atoms with Gasteiger partial charge >= 0.3 is 0 Å². The van der Waals surface area contributed by atoms with Gasteiger partial charge in [0.15, 0.2) is 0 Å². The second kappa shape index (κ2) is 7.38. The molecule has 2 saturated heterocycles. The van der Waals surface area contributed by atoms with Gasteiger partial charge in [-0.15, -0.1) is 0 Å². The summed E-state index contributed by atoms with van der Waals surface area (Å²) in [6.07, 6.45) is 2.78. The van der Waals surface area contributed by atoms with Crippen LogP contribution in [-0.2, 0) is 19.2 Å². The molecule has 6 atom stereocenters. The van der Waals surface area contributed by atoms with Crippen LogP contribution in [0.5, 0.6) is 5.75 Å². The van der Waals surface area contributed by atoms with Crippen LogP contribution < -0.4 is 10.2 Å². The standard InChI is InChI=1S/C28H26N2O5/c1-14-12-15(8-11-21(14)31)23-17-9-10-18-22(25(33)29-24(18)32)19(17)13-20-26(34)30(27(35)28(20,23)2)16-6-4-3-5-7-16/h3-9,11-12,18-20,22-23,31H,10,13H2,1-2H3,(H,29,32,33). The van der Waals surface area contributed by atoms with E-state index in [4.69, 9.17) is 0 Å². The molecule has 7 heteroatoms. The molecule has 6 rings (SSSR count). The van der Waals surface area contributed by atoms with Crippen molar-refractivity contribution in [3.05, 3.63) is 71.3 Å². The van der Waals surface area contributed by atoms with Crippen LogP contribution in [0, 0.1) is 36.0 Å². The molecule has 2 aliphatic heterocycles. The Balaban J connectivity index is 1.55. The summed E-state index contributed by atoms with van der Waals surface area (Å²) in [4.78, 5) is 54.6. The number of rotatable bonds is 2. The second-order valence-electron chi connectivity index (χ2n) is 10.4. The van der Waals surface area contributed by atoms with Crippen molar-refractivity contribution in [3.8, 4) is 5.75 Å². The summed E-state index contributed by atoms with van der Waals surface area (Å²) in [5, 5.41) is 12.6. The molecule has 6 unspecified atom stereocenters. The van der Waals surface area contributed by atoms with Crippen LogP contribution in [0.1, 0.15) is 36.8 Å². The fraction of sp³-hybridized carbons (Fsp3) is 0.357. The van der Waals surface area contributed by atoms with Gasteiger partial charge in [-0.1, -0.05) is 42.0 Å². The summed E-state index contributed by atoms with van der Waals surface area (Å²) in [5.74, 6) is -3.33. The first kappa shape index (κ1) is 21.8. The molecule has 3 fully saturated rings. The van der Waals surface area contributed by atoms with Gasteiger partial charge in [0, 0.05) is 5.92 Å². The number of nitrogens with zero attached hydrogens (tertiary/aromatic N) is 1. The molecular weight excluding hydrogens is 444 g/mol. The molecule has 1 saturated carbocycles. The zero-order valence-corrected chi connectivity index (χ0v) is 19.5. The molecule has 0 bridgehead atoms. The van der Waals surface area contributed by atoms with Crippen molar-refractivity contribution in [1.29, 1.82) is 0 Å². The highest BCUT2D eigenvalue weighted by atomic mass is 16.3. The van der Waals surface area contributed by atoms with Gasteiger partial charge in [-0.05, 0) is 61.9 Å². The maximum atomic E-state index is 14.1. The Morgan fingerprint density at radius 3 is 2.46 bits per heavy atom. The number of aryl methyl sites for hydroxylation is 1. The number of allylic oxidation sites excluding steroid dienone is 2. The minimum absolute atomic E-state index is 0.154. The monoisotopic (exact) mass is 470 g/mol. The molecule has 2 aliphatic carbocycles. The summed E-state index contributed by atoms with van der Waals surface area (Å²) < 4.78 is 0. The highest BCUT2D eigenvalue weighted by molar-refractivity contribution is 6.24. The Kier molecular flexibility index (Phi) is 4.59. The van der Waals surface area contributed by atoms with Crippen LogP contribution in [-0.4, -0.2) is 28.7 Å². The third-order valence-electron chi connectivity index (χ3n) is 8.69. The molecule has 2 heterocycles. The topological polar surface area (TPSA) is 104 Å². The van der Waals surface area contributed by atoms with Crippen LogP contribution in [0.3, 0.4) is 0 Å². The maximum absolute atomic E-state index is 14.1. The van der Waals surface area contributed by atoms with Crippen LogP contribution >= 0.6 is 0 Å². The van der Waals surface area contributed by atoms with Crippen LogP contribution in [0.15, 0.2) is 60.2 Å². The first-order valence-electron chi connectivity index (χ1n) is 12.0. The van der Waals surface area contributed by atoms with Gasteiger partial charge < -0.3 is 5.11 Å². The molecule has 0 spiro atoms. The Labute approximate surface area is 202 Å². The number of phenols is 1. The number of amides is 4. The van der Waals surface area contributed by atoms with Crippen molar-refractivity contribution in [2.45, 2.75) is 32.6 Å². The van der Waals surface area contributed by atoms with Gasteiger partial charge in [-0.3, -0.25) is 24.5 Å². The number of carbonyl (C=O) groups is 4. The van der Waals surface area contributed by atoms with Gasteiger partial charge in [0.1, 0.15) is 5.75 Å². The summed E-state index contributed by atoms with van der Waals surface area (Å²) in [5.41, 5.74) is 1.90. The highest BCUT2D eigenvalue weighted by Gasteiger charge is 2.67. The molecule has 7 nitrogen and oxygen atoms in total. The summed E-state index contributed by atoms with van der Waals surface area (Å²) >= 11 is 0. The zero-order valence-electron chi connectivity index (χ0n) is 19.5. The molecule has 4 aliphatic rings. The van der Waals surface area contributed by atoms with Crippen molar-refractivity contribution in [1.82, 2.24) is 5.32 Å². The third-order valence-corrected chi connectivity index (χ3v) is 8.69. The summed E-state index contributed by atoms with van der Waals surface area (Å²) in [6.45, 7) is 3.65. The van der Waals surface area contributed by atoms with E-state index in [0.29, 0.717) is 24.1 Å². The van der Waals surface area contributed by atoms with E-state index in [2.05, 4.69) is 5.32 Å². The number of aromatic hydroxyl groups is 1. The first-order chi connectivity index (χ1) is 16.7. The molecule has 0 radical (unpaired) electrons. The molecule has 4 amide bonds. The number of fused-ring (bicyclic) bond motifs is 4. The van der Waals surface area contributed by atoms with Crippen LogP contribution in [0.25, 0.3) is 0 Å². The number of hydrogen-bond donors (Lipinski definition) is 2. The number of anilines is 1. The lowest BCUT2D eigenvalue weighted by Gasteiger charge is -2.49. The fourth-order valence-electron chi connectivity index (χ4n) is 6.99. The van der Waals surface area contributed by atoms with E-state index in [9.17, 15) is 24.3 Å². The third kappa shape index (κ3) is 2.84. The average Bonchev–Trinajstić information content (AvgIpc) is 3.24. The number of para-hydroxylation sites is 1. The number of benzene rings is 2. The maximum Gasteiger partial charge on any atom is 0.241 e. The SMILES string of the molecule is Cc1cc(C2C3=CCC4C(=O)NC(=O)C4C3CC3C(=O)N(c4ccccc4)C(=O)C32C)ccc1O. The van der Waals surface area contributed by atoms with Crippen molar-refractivity contribution in [2.24, 2.45) is 29.1 Å². The van der Waals surface area contributed by atoms with E-state index in [1.165, 1.54) is 4.90 Å². The second-order valence-corrected chi connectivity index (χ2v) is 10.4. The summed E-state index contributed by atoms with van der Waals surface area (Å²) in [6, 6.07) is 14.2. The first-order valence-corrected chi connectivity index (χ1v) is 12.0. The van der Waals surface area contributed by atoms with E-state index in [1.807, 2.05) is 25.1 Å². The van der Waals surface area contributed by atoms with E-state index in [-0.39, 0.29) is 35.3 Å². The lowest BCUT2D eigenvalue weighted by Crippen LogP contribution is -2.48. The molecule has 2 aromatic carbocycles. The van der Waals surface area contributed by atoms with Crippen molar-refractivity contribution < 1.29 is 24.3 Å². The molecule has 35 heavy (non-hydrogen) atoms. The lowest BCUT2D eigenvalue weighted by molar-refractivity contribution is -0.131. The van der Waals surface area contributed by atoms with E-state index in [1.54, 1.807) is 43.3 Å². The van der Waals surface area contributed by atoms with Gasteiger partial charge in [0.25, 0.3) is 0 Å². The van der Waals surface area contributed by atoms with Crippen molar-refractivity contribution >= 4 is 29.3 Å². The summed E-state index contributed by atoms with van der Waals surface area (Å²) in [7, 11) is 0. The number of carbonyl (C=O) groups excluding carboxylic acids is 4. The van der Waals surface area contributed by atoms with Crippen molar-refractivity contribution in [3.63, 3.8) is 0 Å². The molecule has 2 N–H and O–H groups in total. The number of phenolic OH excluding ortho intramolecular Hbond substituents is 1. The quantitative estimate of drug-likeness (QED) is 0.518. The van der Waals surface area contributed by atoms with Crippen LogP contribution in [0.2, 0.25) is 0 Å². The number of hydrogen-bond acceptors (Lipinski definition) is 5. The Bertz CT molecular complexity index is 1330. The average molecular weight is 471 g/mol. The van der Waals surface area contributed by atoms with Crippen LogP contribution in [0.4, 0.5) is 5.69 Å². The minimum Gasteiger partial charge on any atom is -0.508 e. The van der Waals surface area contributed by atoms with Gasteiger partial charge in [-0.2, -0.15) is 0 Å². The lowest BCUT2D eigenvalue weighted by atomic mass is 9.51. The highest BCUT2D eigenvalue weighted by Crippen LogP contribution is 2.63. The van der Waals surface area contributed by atoms with Gasteiger partial charge in [0.05, 0.1) is 28.9 Å². The predicted molar refractivity (Wildman–Crippen MR) is 127 cm³/mol. The van der Waals surface area contributed by atoms with Gasteiger partial charge in [-0.25, -0.2) is 4.90 Å². The number of nitrogens with one attached hydrogen (secondary N) is 1. The Morgan fingerprint density at radius 1 is 1.00 bits per heavy atom. The zero-order chi connectivity index (χ0) is 24.6. The normalized spacial score (nSPS) is 33.7. The molecular formula is C28H26N2O5. The van der Waals surface area contributed by atoms with E-state index >= 15 is 0 Å². The minimum atomic E-state index is -1.06.